The highest BCUT2D eigenvalue weighted by atomic mass is 16.2. The van der Waals surface area contributed by atoms with Gasteiger partial charge in [0, 0.05) is 54.7 Å². The van der Waals surface area contributed by atoms with Gasteiger partial charge in [0.15, 0.2) is 0 Å². The number of fused-ring (bicyclic) bond motifs is 1. The summed E-state index contributed by atoms with van der Waals surface area (Å²) in [5.74, 6) is 0.124. The molecule has 2 N–H and O–H groups in total. The summed E-state index contributed by atoms with van der Waals surface area (Å²) in [5.41, 5.74) is 10.3. The molecule has 0 aliphatic carbocycles. The van der Waals surface area contributed by atoms with E-state index in [0.29, 0.717) is 23.2 Å². The van der Waals surface area contributed by atoms with Gasteiger partial charge < -0.3 is 10.6 Å². The number of pyridine rings is 2. The van der Waals surface area contributed by atoms with Crippen LogP contribution in [0.25, 0.3) is 22.2 Å². The van der Waals surface area contributed by atoms with Crippen LogP contribution in [0.4, 0.5) is 5.95 Å². The fourth-order valence-corrected chi connectivity index (χ4v) is 3.54. The molecule has 0 aliphatic heterocycles. The van der Waals surface area contributed by atoms with Crippen LogP contribution in [0.1, 0.15) is 28.5 Å². The van der Waals surface area contributed by atoms with Crippen LogP contribution in [0.15, 0.2) is 61.1 Å². The maximum absolute atomic E-state index is 13.6. The van der Waals surface area contributed by atoms with Crippen molar-refractivity contribution in [2.45, 2.75) is 26.3 Å². The van der Waals surface area contributed by atoms with E-state index < -0.39 is 0 Å². The Labute approximate surface area is 181 Å². The molecule has 3 heterocycles. The van der Waals surface area contributed by atoms with Gasteiger partial charge in [0.1, 0.15) is 0 Å². The molecule has 0 spiro atoms. The number of aromatic nitrogens is 4. The number of carbonyl (C=O) groups excluding carboxylic acids is 1. The molecule has 0 fully saturated rings. The molecule has 0 aliphatic rings. The van der Waals surface area contributed by atoms with E-state index in [1.54, 1.807) is 23.5 Å². The van der Waals surface area contributed by atoms with E-state index in [2.05, 4.69) is 15.0 Å². The highest BCUT2D eigenvalue weighted by Crippen LogP contribution is 2.27. The van der Waals surface area contributed by atoms with Crippen LogP contribution in [-0.4, -0.2) is 43.8 Å². The lowest BCUT2D eigenvalue weighted by molar-refractivity contribution is 0.0745. The lowest BCUT2D eigenvalue weighted by atomic mass is 10.0. The number of nitrogens with two attached hydrogens (primary N) is 1. The second-order valence-corrected chi connectivity index (χ2v) is 7.65. The monoisotopic (exact) mass is 412 g/mol. The Morgan fingerprint density at radius 1 is 1.10 bits per heavy atom. The molecule has 0 unspecified atom stereocenters. The van der Waals surface area contributed by atoms with Crippen LogP contribution in [0.5, 0.6) is 0 Å². The first kappa shape index (κ1) is 20.4. The number of hydrogen-bond acceptors (Lipinski definition) is 6. The van der Waals surface area contributed by atoms with Gasteiger partial charge in [-0.05, 0) is 37.6 Å². The van der Waals surface area contributed by atoms with Gasteiger partial charge in [-0.1, -0.05) is 24.3 Å². The Morgan fingerprint density at radius 3 is 2.58 bits per heavy atom. The zero-order valence-corrected chi connectivity index (χ0v) is 17.8. The van der Waals surface area contributed by atoms with Crippen LogP contribution in [0.2, 0.25) is 0 Å². The third-order valence-corrected chi connectivity index (χ3v) is 5.45. The fourth-order valence-electron chi connectivity index (χ4n) is 3.54. The maximum Gasteiger partial charge on any atom is 0.254 e. The highest BCUT2D eigenvalue weighted by molar-refractivity contribution is 6.07. The van der Waals surface area contributed by atoms with Crippen LogP contribution >= 0.6 is 0 Å². The van der Waals surface area contributed by atoms with Crippen LogP contribution in [0, 0.1) is 6.92 Å². The van der Waals surface area contributed by atoms with Crippen LogP contribution < -0.4 is 5.73 Å². The van der Waals surface area contributed by atoms with E-state index in [1.807, 2.05) is 63.4 Å². The number of amides is 1. The second-order valence-electron chi connectivity index (χ2n) is 7.65. The summed E-state index contributed by atoms with van der Waals surface area (Å²) in [4.78, 5) is 32.6. The molecule has 0 bridgehead atoms. The molecule has 3 aromatic heterocycles. The van der Waals surface area contributed by atoms with E-state index in [9.17, 15) is 4.79 Å². The van der Waals surface area contributed by atoms with E-state index in [1.165, 1.54) is 0 Å². The van der Waals surface area contributed by atoms with Gasteiger partial charge >= 0.3 is 0 Å². The SMILES string of the molecule is Cc1cccc2c(C(=O)N(C)[C@@H](C)Cc3ccccn3)cc(-c3cnc(N)nc3)nc12. The van der Waals surface area contributed by atoms with Crippen molar-refractivity contribution in [2.24, 2.45) is 0 Å². The molecular weight excluding hydrogens is 388 g/mol. The fraction of sp³-hybridized carbons (Fsp3) is 0.208. The zero-order chi connectivity index (χ0) is 22.0. The first-order valence-corrected chi connectivity index (χ1v) is 10.1. The largest absolute Gasteiger partial charge is 0.368 e. The summed E-state index contributed by atoms with van der Waals surface area (Å²) in [7, 11) is 1.82. The van der Waals surface area contributed by atoms with E-state index >= 15 is 0 Å². The Balaban J connectivity index is 1.75. The molecule has 4 aromatic rings. The summed E-state index contributed by atoms with van der Waals surface area (Å²) in [6.45, 7) is 4.01. The normalized spacial score (nSPS) is 12.0. The third-order valence-electron chi connectivity index (χ3n) is 5.45. The van der Waals surface area contributed by atoms with Crippen LogP contribution in [-0.2, 0) is 6.42 Å². The van der Waals surface area contributed by atoms with Gasteiger partial charge in [-0.2, -0.15) is 0 Å². The number of nitrogen functional groups attached to an aromatic ring is 1. The van der Waals surface area contributed by atoms with Crippen molar-refractivity contribution in [3.63, 3.8) is 0 Å². The minimum atomic E-state index is -0.0703. The predicted octanol–water partition coefficient (Wildman–Crippen LogP) is 3.68. The van der Waals surface area contributed by atoms with Gasteiger partial charge in [-0.25, -0.2) is 15.0 Å². The number of para-hydroxylation sites is 1. The molecule has 4 rings (SSSR count). The number of nitrogens with zero attached hydrogens (tertiary/aromatic N) is 5. The lowest BCUT2D eigenvalue weighted by Crippen LogP contribution is -2.36. The highest BCUT2D eigenvalue weighted by Gasteiger charge is 2.22. The number of likely N-dealkylation sites (N-methyl/N-ethyl adjacent to an activating group) is 1. The van der Waals surface area contributed by atoms with Crippen molar-refractivity contribution in [2.75, 3.05) is 12.8 Å². The van der Waals surface area contributed by atoms with Crippen LogP contribution in [0.3, 0.4) is 0 Å². The maximum atomic E-state index is 13.6. The summed E-state index contributed by atoms with van der Waals surface area (Å²) in [6, 6.07) is 13.5. The Hall–Kier alpha value is -3.87. The average Bonchev–Trinajstić information content (AvgIpc) is 2.79. The van der Waals surface area contributed by atoms with E-state index in [-0.39, 0.29) is 17.9 Å². The second kappa shape index (κ2) is 8.47. The van der Waals surface area contributed by atoms with Crippen molar-refractivity contribution in [1.29, 1.82) is 0 Å². The summed E-state index contributed by atoms with van der Waals surface area (Å²) in [5, 5.41) is 0.821. The molecule has 1 amide bonds. The van der Waals surface area contributed by atoms with Gasteiger partial charge in [0.05, 0.1) is 16.8 Å². The van der Waals surface area contributed by atoms with Crippen molar-refractivity contribution < 1.29 is 4.79 Å². The molecule has 0 saturated heterocycles. The number of hydrogen-bond donors (Lipinski definition) is 1. The van der Waals surface area contributed by atoms with Crippen molar-refractivity contribution >= 4 is 22.8 Å². The first-order valence-electron chi connectivity index (χ1n) is 10.1. The zero-order valence-electron chi connectivity index (χ0n) is 17.8. The molecule has 1 atom stereocenters. The topological polar surface area (TPSA) is 97.9 Å². The van der Waals surface area contributed by atoms with Crippen molar-refractivity contribution in [3.8, 4) is 11.3 Å². The van der Waals surface area contributed by atoms with Crippen molar-refractivity contribution in [3.05, 3.63) is 77.9 Å². The number of benzene rings is 1. The Kier molecular flexibility index (Phi) is 5.58. The number of anilines is 1. The van der Waals surface area contributed by atoms with Crippen molar-refractivity contribution in [1.82, 2.24) is 24.8 Å². The predicted molar refractivity (Wildman–Crippen MR) is 121 cm³/mol. The minimum Gasteiger partial charge on any atom is -0.368 e. The Bertz CT molecular complexity index is 1220. The number of carbonyl (C=O) groups is 1. The first-order chi connectivity index (χ1) is 14.9. The van der Waals surface area contributed by atoms with Gasteiger partial charge in [0.2, 0.25) is 5.95 Å². The van der Waals surface area contributed by atoms with Gasteiger partial charge in [-0.3, -0.25) is 9.78 Å². The van der Waals surface area contributed by atoms with E-state index in [0.717, 1.165) is 22.2 Å². The van der Waals surface area contributed by atoms with E-state index in [4.69, 9.17) is 10.7 Å². The molecule has 7 nitrogen and oxygen atoms in total. The average molecular weight is 412 g/mol. The molecule has 0 saturated carbocycles. The molecule has 31 heavy (non-hydrogen) atoms. The van der Waals surface area contributed by atoms with Gasteiger partial charge in [0.25, 0.3) is 5.91 Å². The molecule has 1 aromatic carbocycles. The number of aryl methyl sites for hydroxylation is 1. The van der Waals surface area contributed by atoms with Gasteiger partial charge in [-0.15, -0.1) is 0 Å². The molecule has 156 valence electrons. The summed E-state index contributed by atoms with van der Waals surface area (Å²) >= 11 is 0. The summed E-state index contributed by atoms with van der Waals surface area (Å²) in [6.07, 6.45) is 5.68. The molecule has 0 radical (unpaired) electrons. The smallest absolute Gasteiger partial charge is 0.254 e. The standard InChI is InChI=1S/C24H24N6O/c1-15-7-6-9-19-20(12-21(29-22(15)19)17-13-27-24(25)28-14-17)23(31)30(3)16(2)11-18-8-4-5-10-26-18/h4-10,12-14,16H,11H2,1-3H3,(H2,25,27,28)/t16-/m0/s1. The summed E-state index contributed by atoms with van der Waals surface area (Å²) < 4.78 is 0. The number of rotatable bonds is 5. The third kappa shape index (κ3) is 4.21. The minimum absolute atomic E-state index is 0.0290. The quantitative estimate of drug-likeness (QED) is 0.537. The molecular formula is C24H24N6O. The lowest BCUT2D eigenvalue weighted by Gasteiger charge is -2.25. The molecule has 7 heteroatoms. The Morgan fingerprint density at radius 2 is 1.87 bits per heavy atom.